The molecule has 3 nitrogen and oxygen atoms in total. The predicted molar refractivity (Wildman–Crippen MR) is 64.2 cm³/mol. The zero-order valence-corrected chi connectivity index (χ0v) is 10.3. The number of nitrogens with zero attached hydrogens (tertiary/aromatic N) is 1. The summed E-state index contributed by atoms with van der Waals surface area (Å²) >= 11 is 0. The first-order chi connectivity index (χ1) is 7.38. The average molecular weight is 214 g/mol. The Labute approximate surface area is 94.2 Å². The van der Waals surface area contributed by atoms with Crippen LogP contribution in [0.15, 0.2) is 0 Å². The molecule has 0 aliphatic carbocycles. The zero-order valence-electron chi connectivity index (χ0n) is 10.3. The van der Waals surface area contributed by atoms with Crippen molar-refractivity contribution in [3.05, 3.63) is 0 Å². The number of likely N-dealkylation sites (tertiary alicyclic amines) is 1. The van der Waals surface area contributed by atoms with E-state index >= 15 is 0 Å². The van der Waals surface area contributed by atoms with Crippen LogP contribution >= 0.6 is 0 Å². The molecule has 0 amide bonds. The van der Waals surface area contributed by atoms with Crippen LogP contribution in [0.4, 0.5) is 0 Å². The van der Waals surface area contributed by atoms with Gasteiger partial charge in [0.2, 0.25) is 0 Å². The second kappa shape index (κ2) is 8.08. The molecule has 0 aromatic carbocycles. The number of nitrogens with one attached hydrogen (secondary N) is 1. The Balaban J connectivity index is 1.95. The van der Waals surface area contributed by atoms with Crippen molar-refractivity contribution in [2.75, 3.05) is 39.4 Å². The van der Waals surface area contributed by atoms with E-state index in [0.717, 1.165) is 38.8 Å². The average Bonchev–Trinajstić information content (AvgIpc) is 2.70. The standard InChI is InChI=1S/C12H26N2O/c1-3-9-15-10-7-13-11-12-6-5-8-14(12)4-2/h12-13H,3-11H2,1-2H3. The summed E-state index contributed by atoms with van der Waals surface area (Å²) in [5.41, 5.74) is 0. The van der Waals surface area contributed by atoms with Crippen LogP contribution in [0.25, 0.3) is 0 Å². The van der Waals surface area contributed by atoms with E-state index < -0.39 is 0 Å². The minimum absolute atomic E-state index is 0.765. The molecule has 1 atom stereocenters. The molecule has 1 rings (SSSR count). The summed E-state index contributed by atoms with van der Waals surface area (Å²) in [7, 11) is 0. The molecular weight excluding hydrogens is 188 g/mol. The molecule has 1 fully saturated rings. The molecule has 0 spiro atoms. The summed E-state index contributed by atoms with van der Waals surface area (Å²) in [6.07, 6.45) is 3.84. The zero-order chi connectivity index (χ0) is 10.9. The molecule has 0 radical (unpaired) electrons. The molecule has 1 saturated heterocycles. The van der Waals surface area contributed by atoms with Gasteiger partial charge in [0.25, 0.3) is 0 Å². The van der Waals surface area contributed by atoms with Gasteiger partial charge in [-0.15, -0.1) is 0 Å². The Morgan fingerprint density at radius 1 is 1.33 bits per heavy atom. The van der Waals surface area contributed by atoms with Crippen molar-refractivity contribution in [3.8, 4) is 0 Å². The summed E-state index contributed by atoms with van der Waals surface area (Å²) < 4.78 is 5.42. The highest BCUT2D eigenvalue weighted by molar-refractivity contribution is 4.79. The van der Waals surface area contributed by atoms with E-state index in [1.165, 1.54) is 25.9 Å². The highest BCUT2D eigenvalue weighted by atomic mass is 16.5. The number of hydrogen-bond donors (Lipinski definition) is 1. The molecule has 0 saturated carbocycles. The van der Waals surface area contributed by atoms with Crippen molar-refractivity contribution in [2.24, 2.45) is 0 Å². The normalized spacial score (nSPS) is 22.4. The van der Waals surface area contributed by atoms with E-state index in [-0.39, 0.29) is 0 Å². The maximum absolute atomic E-state index is 5.42. The number of rotatable bonds is 8. The molecule has 0 aromatic rings. The van der Waals surface area contributed by atoms with Crippen molar-refractivity contribution in [2.45, 2.75) is 39.2 Å². The Morgan fingerprint density at radius 3 is 2.93 bits per heavy atom. The monoisotopic (exact) mass is 214 g/mol. The van der Waals surface area contributed by atoms with Gasteiger partial charge in [0, 0.05) is 25.7 Å². The SMILES string of the molecule is CCCOCCNCC1CCCN1CC. The third kappa shape index (κ3) is 4.96. The molecule has 0 aromatic heterocycles. The number of hydrogen-bond acceptors (Lipinski definition) is 3. The smallest absolute Gasteiger partial charge is 0.0590 e. The number of ether oxygens (including phenoxy) is 1. The molecule has 1 aliphatic rings. The van der Waals surface area contributed by atoms with Crippen molar-refractivity contribution in [3.63, 3.8) is 0 Å². The van der Waals surface area contributed by atoms with E-state index in [1.54, 1.807) is 0 Å². The largest absolute Gasteiger partial charge is 0.380 e. The third-order valence-electron chi connectivity index (χ3n) is 3.06. The van der Waals surface area contributed by atoms with Crippen LogP contribution < -0.4 is 5.32 Å². The van der Waals surface area contributed by atoms with Gasteiger partial charge in [0.05, 0.1) is 6.61 Å². The van der Waals surface area contributed by atoms with Crippen LogP contribution in [0, 0.1) is 0 Å². The first kappa shape index (κ1) is 12.9. The second-order valence-corrected chi connectivity index (χ2v) is 4.24. The predicted octanol–water partition coefficient (Wildman–Crippen LogP) is 1.49. The van der Waals surface area contributed by atoms with Crippen LogP contribution in [-0.2, 0) is 4.74 Å². The van der Waals surface area contributed by atoms with Gasteiger partial charge in [-0.05, 0) is 32.4 Å². The molecule has 15 heavy (non-hydrogen) atoms. The lowest BCUT2D eigenvalue weighted by Gasteiger charge is -2.22. The minimum atomic E-state index is 0.765. The highest BCUT2D eigenvalue weighted by Crippen LogP contribution is 2.15. The van der Waals surface area contributed by atoms with Crippen LogP contribution in [-0.4, -0.2) is 50.3 Å². The van der Waals surface area contributed by atoms with E-state index in [9.17, 15) is 0 Å². The van der Waals surface area contributed by atoms with Crippen molar-refractivity contribution in [1.82, 2.24) is 10.2 Å². The van der Waals surface area contributed by atoms with Crippen LogP contribution in [0.2, 0.25) is 0 Å². The van der Waals surface area contributed by atoms with Gasteiger partial charge in [0.1, 0.15) is 0 Å². The van der Waals surface area contributed by atoms with Gasteiger partial charge in [-0.2, -0.15) is 0 Å². The van der Waals surface area contributed by atoms with Crippen molar-refractivity contribution >= 4 is 0 Å². The summed E-state index contributed by atoms with van der Waals surface area (Å²) in [6.45, 7) is 10.7. The molecule has 90 valence electrons. The maximum atomic E-state index is 5.42. The van der Waals surface area contributed by atoms with Crippen molar-refractivity contribution in [1.29, 1.82) is 0 Å². The molecule has 0 bridgehead atoms. The minimum Gasteiger partial charge on any atom is -0.380 e. The Morgan fingerprint density at radius 2 is 2.20 bits per heavy atom. The lowest BCUT2D eigenvalue weighted by Crippen LogP contribution is -2.38. The van der Waals surface area contributed by atoms with Crippen LogP contribution in [0.5, 0.6) is 0 Å². The van der Waals surface area contributed by atoms with Gasteiger partial charge in [-0.25, -0.2) is 0 Å². The molecule has 1 N–H and O–H groups in total. The molecule has 3 heteroatoms. The fourth-order valence-corrected chi connectivity index (χ4v) is 2.20. The van der Waals surface area contributed by atoms with E-state index in [0.29, 0.717) is 0 Å². The molecular formula is C12H26N2O. The quantitative estimate of drug-likeness (QED) is 0.620. The molecule has 1 unspecified atom stereocenters. The highest BCUT2D eigenvalue weighted by Gasteiger charge is 2.21. The van der Waals surface area contributed by atoms with Crippen LogP contribution in [0.1, 0.15) is 33.1 Å². The number of likely N-dealkylation sites (N-methyl/N-ethyl adjacent to an activating group) is 1. The van der Waals surface area contributed by atoms with Gasteiger partial charge < -0.3 is 10.1 Å². The lowest BCUT2D eigenvalue weighted by atomic mass is 10.2. The lowest BCUT2D eigenvalue weighted by molar-refractivity contribution is 0.134. The van der Waals surface area contributed by atoms with Crippen molar-refractivity contribution < 1.29 is 4.74 Å². The topological polar surface area (TPSA) is 24.5 Å². The van der Waals surface area contributed by atoms with Gasteiger partial charge in [0.15, 0.2) is 0 Å². The fraction of sp³-hybridized carbons (Fsp3) is 1.00. The summed E-state index contributed by atoms with van der Waals surface area (Å²) in [4.78, 5) is 2.57. The summed E-state index contributed by atoms with van der Waals surface area (Å²) in [6, 6.07) is 0.765. The fourth-order valence-electron chi connectivity index (χ4n) is 2.20. The first-order valence-corrected chi connectivity index (χ1v) is 6.41. The Bertz CT molecular complexity index is 153. The van der Waals surface area contributed by atoms with E-state index in [1.807, 2.05) is 0 Å². The van der Waals surface area contributed by atoms with Gasteiger partial charge in [-0.1, -0.05) is 13.8 Å². The van der Waals surface area contributed by atoms with Gasteiger partial charge in [-0.3, -0.25) is 4.90 Å². The Kier molecular flexibility index (Phi) is 6.98. The van der Waals surface area contributed by atoms with E-state index in [4.69, 9.17) is 4.74 Å². The van der Waals surface area contributed by atoms with Gasteiger partial charge >= 0.3 is 0 Å². The summed E-state index contributed by atoms with van der Waals surface area (Å²) in [5, 5.41) is 3.48. The maximum Gasteiger partial charge on any atom is 0.0590 e. The Hall–Kier alpha value is -0.120. The van der Waals surface area contributed by atoms with Crippen LogP contribution in [0.3, 0.4) is 0 Å². The molecule has 1 heterocycles. The van der Waals surface area contributed by atoms with E-state index in [2.05, 4.69) is 24.1 Å². The first-order valence-electron chi connectivity index (χ1n) is 6.41. The second-order valence-electron chi connectivity index (χ2n) is 4.24. The summed E-state index contributed by atoms with van der Waals surface area (Å²) in [5.74, 6) is 0. The molecule has 1 aliphatic heterocycles. The third-order valence-corrected chi connectivity index (χ3v) is 3.06.